The van der Waals surface area contributed by atoms with Gasteiger partial charge in [0.25, 0.3) is 5.91 Å². The summed E-state index contributed by atoms with van der Waals surface area (Å²) in [5.41, 5.74) is 4.02. The molecule has 1 spiro atoms. The standard InChI is InChI=1S/C26H28N4O2/c1-18(2)16-30-21-5-3-11-27-24(21)29-12-4-6-23(29)26(30)10-13-28(17-26)25(31)20-7-8-22-19(15-20)9-14-32-22/h3-8,11-12,15,18H,9-10,13-14,16-17H2,1-2H3/t26-/m0/s1. The van der Waals surface area contributed by atoms with Gasteiger partial charge in [-0.25, -0.2) is 4.98 Å². The van der Waals surface area contributed by atoms with Gasteiger partial charge < -0.3 is 19.1 Å². The van der Waals surface area contributed by atoms with E-state index in [-0.39, 0.29) is 11.4 Å². The van der Waals surface area contributed by atoms with Crippen molar-refractivity contribution >= 4 is 11.6 Å². The van der Waals surface area contributed by atoms with Crippen molar-refractivity contribution in [3.05, 3.63) is 71.7 Å². The van der Waals surface area contributed by atoms with Crippen LogP contribution in [0.1, 0.15) is 41.9 Å². The summed E-state index contributed by atoms with van der Waals surface area (Å²) in [5.74, 6) is 2.48. The summed E-state index contributed by atoms with van der Waals surface area (Å²) in [5, 5.41) is 0. The van der Waals surface area contributed by atoms with Gasteiger partial charge >= 0.3 is 0 Å². The first kappa shape index (κ1) is 19.4. The number of amides is 1. The number of rotatable bonds is 3. The first-order valence-electron chi connectivity index (χ1n) is 11.5. The molecule has 0 aliphatic carbocycles. The van der Waals surface area contributed by atoms with E-state index in [4.69, 9.17) is 9.72 Å². The SMILES string of the molecule is CC(C)CN1c2cccnc2-n2cccc2[C@@]12CCN(C(=O)c1ccc3c(c1)CCO3)C2. The van der Waals surface area contributed by atoms with Crippen molar-refractivity contribution in [3.63, 3.8) is 0 Å². The molecule has 6 nitrogen and oxygen atoms in total. The molecule has 1 fully saturated rings. The number of ether oxygens (including phenoxy) is 1. The summed E-state index contributed by atoms with van der Waals surface area (Å²) >= 11 is 0. The Bertz CT molecular complexity index is 1200. The second-order valence-corrected chi connectivity index (χ2v) is 9.54. The van der Waals surface area contributed by atoms with Crippen LogP contribution in [0.4, 0.5) is 5.69 Å². The van der Waals surface area contributed by atoms with Gasteiger partial charge in [-0.3, -0.25) is 4.79 Å². The van der Waals surface area contributed by atoms with Crippen LogP contribution in [0.3, 0.4) is 0 Å². The molecule has 5 heterocycles. The van der Waals surface area contributed by atoms with Crippen LogP contribution in [0.25, 0.3) is 5.82 Å². The second-order valence-electron chi connectivity index (χ2n) is 9.54. The number of hydrogen-bond acceptors (Lipinski definition) is 4. The first-order chi connectivity index (χ1) is 15.6. The number of carbonyl (C=O) groups excluding carboxylic acids is 1. The Hall–Kier alpha value is -3.28. The van der Waals surface area contributed by atoms with E-state index in [1.807, 2.05) is 35.4 Å². The number of likely N-dealkylation sites (tertiary alicyclic amines) is 1. The number of anilines is 1. The average Bonchev–Trinajstić information content (AvgIpc) is 3.55. The smallest absolute Gasteiger partial charge is 0.253 e. The highest BCUT2D eigenvalue weighted by molar-refractivity contribution is 5.95. The van der Waals surface area contributed by atoms with Gasteiger partial charge in [-0.2, -0.15) is 0 Å². The molecule has 0 saturated carbocycles. The Kier molecular flexibility index (Phi) is 4.32. The lowest BCUT2D eigenvalue weighted by molar-refractivity contribution is 0.0781. The minimum absolute atomic E-state index is 0.108. The largest absolute Gasteiger partial charge is 0.493 e. The van der Waals surface area contributed by atoms with E-state index in [2.05, 4.69) is 47.7 Å². The molecule has 0 radical (unpaired) electrons. The van der Waals surface area contributed by atoms with Gasteiger partial charge in [0.2, 0.25) is 0 Å². The number of benzene rings is 1. The summed E-state index contributed by atoms with van der Waals surface area (Å²) in [6.45, 7) is 7.53. The third-order valence-corrected chi connectivity index (χ3v) is 7.05. The zero-order valence-corrected chi connectivity index (χ0v) is 18.6. The highest BCUT2D eigenvalue weighted by atomic mass is 16.5. The maximum absolute atomic E-state index is 13.5. The molecule has 6 rings (SSSR count). The molecule has 0 bridgehead atoms. The van der Waals surface area contributed by atoms with E-state index in [1.165, 1.54) is 5.69 Å². The molecular formula is C26H28N4O2. The minimum Gasteiger partial charge on any atom is -0.493 e. The topological polar surface area (TPSA) is 50.6 Å². The predicted molar refractivity (Wildman–Crippen MR) is 124 cm³/mol. The maximum atomic E-state index is 13.5. The molecule has 0 N–H and O–H groups in total. The van der Waals surface area contributed by atoms with Crippen molar-refractivity contribution in [1.29, 1.82) is 0 Å². The molecule has 1 amide bonds. The monoisotopic (exact) mass is 428 g/mol. The summed E-state index contributed by atoms with van der Waals surface area (Å²) in [6, 6.07) is 14.3. The Morgan fingerprint density at radius 3 is 3.00 bits per heavy atom. The van der Waals surface area contributed by atoms with Crippen LogP contribution < -0.4 is 9.64 Å². The molecule has 3 aliphatic heterocycles. The van der Waals surface area contributed by atoms with Crippen LogP contribution in [0.5, 0.6) is 5.75 Å². The molecule has 32 heavy (non-hydrogen) atoms. The Balaban J connectivity index is 1.39. The fourth-order valence-electron chi connectivity index (χ4n) is 5.64. The highest BCUT2D eigenvalue weighted by Gasteiger charge is 2.50. The van der Waals surface area contributed by atoms with E-state index >= 15 is 0 Å². The first-order valence-corrected chi connectivity index (χ1v) is 11.5. The molecule has 2 aromatic heterocycles. The number of nitrogens with zero attached hydrogens (tertiary/aromatic N) is 4. The van der Waals surface area contributed by atoms with Crippen molar-refractivity contribution in [2.45, 2.75) is 32.2 Å². The number of pyridine rings is 1. The predicted octanol–water partition coefficient (Wildman–Crippen LogP) is 4.02. The molecule has 3 aromatic rings. The molecule has 164 valence electrons. The maximum Gasteiger partial charge on any atom is 0.253 e. The van der Waals surface area contributed by atoms with E-state index in [0.29, 0.717) is 19.1 Å². The molecular weight excluding hydrogens is 400 g/mol. The zero-order valence-electron chi connectivity index (χ0n) is 18.6. The molecule has 1 atom stereocenters. The Labute approximate surface area is 188 Å². The van der Waals surface area contributed by atoms with Crippen LogP contribution >= 0.6 is 0 Å². The number of carbonyl (C=O) groups is 1. The summed E-state index contributed by atoms with van der Waals surface area (Å²) in [4.78, 5) is 22.8. The fourth-order valence-corrected chi connectivity index (χ4v) is 5.64. The van der Waals surface area contributed by atoms with Crippen LogP contribution in [-0.4, -0.2) is 46.6 Å². The van der Waals surface area contributed by atoms with Gasteiger partial charge in [-0.05, 0) is 60.4 Å². The lowest BCUT2D eigenvalue weighted by atomic mass is 9.88. The van der Waals surface area contributed by atoms with Crippen LogP contribution in [0, 0.1) is 5.92 Å². The van der Waals surface area contributed by atoms with Gasteiger partial charge in [-0.15, -0.1) is 0 Å². The van der Waals surface area contributed by atoms with Gasteiger partial charge in [-0.1, -0.05) is 13.8 Å². The van der Waals surface area contributed by atoms with Gasteiger partial charge in [0, 0.05) is 44.0 Å². The van der Waals surface area contributed by atoms with E-state index in [1.54, 1.807) is 0 Å². The quantitative estimate of drug-likeness (QED) is 0.632. The van der Waals surface area contributed by atoms with Crippen LogP contribution in [0.2, 0.25) is 0 Å². The van der Waals surface area contributed by atoms with Gasteiger partial charge in [0.15, 0.2) is 5.82 Å². The zero-order chi connectivity index (χ0) is 21.9. The van der Waals surface area contributed by atoms with E-state index in [9.17, 15) is 4.79 Å². The Morgan fingerprint density at radius 2 is 2.12 bits per heavy atom. The third kappa shape index (κ3) is 2.78. The summed E-state index contributed by atoms with van der Waals surface area (Å²) in [6.07, 6.45) is 5.73. The van der Waals surface area contributed by atoms with Crippen molar-refractivity contribution in [1.82, 2.24) is 14.5 Å². The molecule has 6 heteroatoms. The van der Waals surface area contributed by atoms with Crippen molar-refractivity contribution in [3.8, 4) is 11.6 Å². The number of hydrogen-bond donors (Lipinski definition) is 0. The summed E-state index contributed by atoms with van der Waals surface area (Å²) in [7, 11) is 0. The lowest BCUT2D eigenvalue weighted by Gasteiger charge is -2.47. The molecule has 0 unspecified atom stereocenters. The van der Waals surface area contributed by atoms with E-state index in [0.717, 1.165) is 54.3 Å². The minimum atomic E-state index is -0.251. The number of aromatic nitrogens is 2. The summed E-state index contributed by atoms with van der Waals surface area (Å²) < 4.78 is 7.84. The third-order valence-electron chi connectivity index (χ3n) is 7.05. The second kappa shape index (κ2) is 7.12. The van der Waals surface area contributed by atoms with Crippen molar-refractivity contribution in [2.75, 3.05) is 31.1 Å². The normalized spacial score (nSPS) is 21.0. The van der Waals surface area contributed by atoms with Crippen molar-refractivity contribution < 1.29 is 9.53 Å². The Morgan fingerprint density at radius 1 is 1.22 bits per heavy atom. The van der Waals surface area contributed by atoms with Crippen LogP contribution in [-0.2, 0) is 12.0 Å². The molecule has 1 saturated heterocycles. The average molecular weight is 429 g/mol. The fraction of sp³-hybridized carbons (Fsp3) is 0.385. The number of fused-ring (bicyclic) bond motifs is 5. The molecule has 3 aliphatic rings. The van der Waals surface area contributed by atoms with E-state index < -0.39 is 0 Å². The lowest BCUT2D eigenvalue weighted by Crippen LogP contribution is -2.54. The molecule has 1 aromatic carbocycles. The van der Waals surface area contributed by atoms with Crippen molar-refractivity contribution in [2.24, 2.45) is 5.92 Å². The van der Waals surface area contributed by atoms with Crippen LogP contribution in [0.15, 0.2) is 54.9 Å². The van der Waals surface area contributed by atoms with Gasteiger partial charge in [0.1, 0.15) is 11.3 Å². The highest BCUT2D eigenvalue weighted by Crippen LogP contribution is 2.47. The van der Waals surface area contributed by atoms with Gasteiger partial charge in [0.05, 0.1) is 18.0 Å².